The molecule has 1 N–H and O–H groups in total. The molecule has 0 spiro atoms. The van der Waals surface area contributed by atoms with Gasteiger partial charge in [-0.3, -0.25) is 9.59 Å². The van der Waals surface area contributed by atoms with Gasteiger partial charge >= 0.3 is 0 Å². The monoisotopic (exact) mass is 408 g/mol. The Hall–Kier alpha value is -1.73. The van der Waals surface area contributed by atoms with Crippen molar-refractivity contribution in [3.63, 3.8) is 0 Å². The molecule has 126 valence electrons. The number of hydrogen-bond donors (Lipinski definition) is 1. The van der Waals surface area contributed by atoms with E-state index in [1.807, 2.05) is 29.7 Å². The third-order valence-corrected chi connectivity index (χ3v) is 5.21. The predicted octanol–water partition coefficient (Wildman–Crippen LogP) is 3.79. The number of nitrogens with one attached hydrogen (secondary N) is 1. The molecule has 1 fully saturated rings. The van der Waals surface area contributed by atoms with Gasteiger partial charge in [0.15, 0.2) is 4.67 Å². The van der Waals surface area contributed by atoms with Crippen LogP contribution in [0.2, 0.25) is 0 Å². The van der Waals surface area contributed by atoms with E-state index in [9.17, 15) is 9.59 Å². The van der Waals surface area contributed by atoms with Gasteiger partial charge in [0.1, 0.15) is 6.26 Å². The van der Waals surface area contributed by atoms with Gasteiger partial charge in [-0.1, -0.05) is 0 Å². The summed E-state index contributed by atoms with van der Waals surface area (Å²) in [5, 5.41) is 2.84. The Labute approximate surface area is 152 Å². The molecule has 24 heavy (non-hydrogen) atoms. The summed E-state index contributed by atoms with van der Waals surface area (Å²) in [7, 11) is 0. The fourth-order valence-electron chi connectivity index (χ4n) is 2.51. The van der Waals surface area contributed by atoms with Crippen molar-refractivity contribution in [3.05, 3.63) is 51.9 Å². The van der Waals surface area contributed by atoms with Crippen molar-refractivity contribution in [1.29, 1.82) is 0 Å². The smallest absolute Gasteiger partial charge is 0.258 e. The molecule has 0 bridgehead atoms. The molecule has 2 heterocycles. The molecule has 1 aromatic heterocycles. The average Bonchev–Trinajstić information content (AvgIpc) is 3.03. The van der Waals surface area contributed by atoms with Gasteiger partial charge in [0, 0.05) is 41.9 Å². The number of carbonyl (C=O) groups is 2. The SMILES string of the molecule is Cc1cc(C(=O)N2CCSCC2)ccc1NC(=O)c1coc(Br)c1. The molecule has 7 heteroatoms. The highest BCUT2D eigenvalue weighted by Crippen LogP contribution is 2.21. The lowest BCUT2D eigenvalue weighted by atomic mass is 10.1. The minimum atomic E-state index is -0.250. The number of hydrogen-bond acceptors (Lipinski definition) is 4. The number of rotatable bonds is 3. The first-order valence-corrected chi connectivity index (χ1v) is 9.52. The molecule has 1 aliphatic rings. The van der Waals surface area contributed by atoms with E-state index in [0.29, 0.717) is 21.5 Å². The normalized spacial score (nSPS) is 14.5. The van der Waals surface area contributed by atoms with Crippen LogP contribution < -0.4 is 5.32 Å². The fraction of sp³-hybridized carbons (Fsp3) is 0.294. The number of benzene rings is 1. The Bertz CT molecular complexity index is 769. The quantitative estimate of drug-likeness (QED) is 0.838. The standard InChI is InChI=1S/C17H17BrN2O3S/c1-11-8-12(17(22)20-4-6-24-7-5-20)2-3-14(11)19-16(21)13-9-15(18)23-10-13/h2-3,8-10H,4-7H2,1H3,(H,19,21). The van der Waals surface area contributed by atoms with Crippen LogP contribution in [0.15, 0.2) is 39.6 Å². The topological polar surface area (TPSA) is 62.6 Å². The molecule has 1 saturated heterocycles. The summed E-state index contributed by atoms with van der Waals surface area (Å²) in [6, 6.07) is 6.97. The maximum atomic E-state index is 12.5. The van der Waals surface area contributed by atoms with Gasteiger partial charge in [-0.05, 0) is 46.6 Å². The van der Waals surface area contributed by atoms with E-state index in [2.05, 4.69) is 21.2 Å². The van der Waals surface area contributed by atoms with E-state index in [1.165, 1.54) is 6.26 Å². The van der Waals surface area contributed by atoms with Gasteiger partial charge in [-0.2, -0.15) is 11.8 Å². The van der Waals surface area contributed by atoms with Crippen molar-refractivity contribution >= 4 is 45.2 Å². The van der Waals surface area contributed by atoms with Gasteiger partial charge in [-0.15, -0.1) is 0 Å². The van der Waals surface area contributed by atoms with Gasteiger partial charge < -0.3 is 14.6 Å². The molecule has 1 aromatic carbocycles. The second kappa shape index (κ2) is 7.44. The zero-order valence-corrected chi connectivity index (χ0v) is 15.6. The third kappa shape index (κ3) is 3.84. The minimum absolute atomic E-state index is 0.0510. The number of furan rings is 1. The largest absolute Gasteiger partial charge is 0.457 e. The van der Waals surface area contributed by atoms with E-state index in [4.69, 9.17) is 4.42 Å². The molecule has 1 aliphatic heterocycles. The van der Waals surface area contributed by atoms with Gasteiger partial charge in [-0.25, -0.2) is 0 Å². The van der Waals surface area contributed by atoms with E-state index in [1.54, 1.807) is 18.2 Å². The Morgan fingerprint density at radius 2 is 1.96 bits per heavy atom. The van der Waals surface area contributed by atoms with Gasteiger partial charge in [0.2, 0.25) is 0 Å². The second-order valence-corrected chi connectivity index (χ2v) is 7.53. The zero-order valence-electron chi connectivity index (χ0n) is 13.2. The maximum Gasteiger partial charge on any atom is 0.258 e. The van der Waals surface area contributed by atoms with Crippen molar-refractivity contribution in [2.45, 2.75) is 6.92 Å². The van der Waals surface area contributed by atoms with Crippen LogP contribution in [0, 0.1) is 6.92 Å². The van der Waals surface area contributed by atoms with Crippen molar-refractivity contribution in [1.82, 2.24) is 4.90 Å². The number of halogens is 1. The van der Waals surface area contributed by atoms with Crippen LogP contribution in [0.5, 0.6) is 0 Å². The number of nitrogens with zero attached hydrogens (tertiary/aromatic N) is 1. The number of carbonyl (C=O) groups excluding carboxylic acids is 2. The average molecular weight is 409 g/mol. The number of amides is 2. The first-order chi connectivity index (χ1) is 11.5. The summed E-state index contributed by atoms with van der Waals surface area (Å²) in [5.74, 6) is 1.77. The molecule has 0 aliphatic carbocycles. The molecular weight excluding hydrogens is 392 g/mol. The first-order valence-electron chi connectivity index (χ1n) is 7.57. The summed E-state index contributed by atoms with van der Waals surface area (Å²) in [6.45, 7) is 3.45. The number of thioether (sulfide) groups is 1. The summed E-state index contributed by atoms with van der Waals surface area (Å²) < 4.78 is 5.58. The predicted molar refractivity (Wildman–Crippen MR) is 98.8 cm³/mol. The van der Waals surface area contributed by atoms with E-state index in [0.717, 1.165) is 30.2 Å². The van der Waals surface area contributed by atoms with Crippen molar-refractivity contribution in [2.75, 3.05) is 29.9 Å². The Morgan fingerprint density at radius 1 is 1.21 bits per heavy atom. The zero-order chi connectivity index (χ0) is 17.1. The fourth-order valence-corrected chi connectivity index (χ4v) is 3.75. The first kappa shape index (κ1) is 17.1. The van der Waals surface area contributed by atoms with E-state index < -0.39 is 0 Å². The van der Waals surface area contributed by atoms with Crippen LogP contribution in [0.1, 0.15) is 26.3 Å². The van der Waals surface area contributed by atoms with E-state index >= 15 is 0 Å². The molecule has 0 radical (unpaired) electrons. The second-order valence-electron chi connectivity index (χ2n) is 5.53. The van der Waals surface area contributed by atoms with Crippen LogP contribution in [-0.2, 0) is 0 Å². The summed E-state index contributed by atoms with van der Waals surface area (Å²) in [6.07, 6.45) is 1.39. The van der Waals surface area contributed by atoms with Crippen molar-refractivity contribution in [3.8, 4) is 0 Å². The summed E-state index contributed by atoms with van der Waals surface area (Å²) in [5.41, 5.74) is 2.63. The molecule has 0 atom stereocenters. The molecule has 5 nitrogen and oxygen atoms in total. The number of anilines is 1. The lowest BCUT2D eigenvalue weighted by Gasteiger charge is -2.26. The molecular formula is C17H17BrN2O3S. The Kier molecular flexibility index (Phi) is 5.30. The van der Waals surface area contributed by atoms with Gasteiger partial charge in [0.05, 0.1) is 5.56 Å². The van der Waals surface area contributed by atoms with Gasteiger partial charge in [0.25, 0.3) is 11.8 Å². The van der Waals surface area contributed by atoms with Crippen LogP contribution in [0.4, 0.5) is 5.69 Å². The van der Waals surface area contributed by atoms with Crippen LogP contribution >= 0.6 is 27.7 Å². The molecule has 0 unspecified atom stereocenters. The molecule has 2 amide bonds. The van der Waals surface area contributed by atoms with Crippen molar-refractivity contribution < 1.29 is 14.0 Å². The maximum absolute atomic E-state index is 12.5. The highest BCUT2D eigenvalue weighted by Gasteiger charge is 2.19. The minimum Gasteiger partial charge on any atom is -0.457 e. The number of aryl methyl sites for hydroxylation is 1. The Balaban J connectivity index is 1.72. The van der Waals surface area contributed by atoms with E-state index in [-0.39, 0.29) is 11.8 Å². The molecule has 0 saturated carbocycles. The van der Waals surface area contributed by atoms with Crippen LogP contribution in [-0.4, -0.2) is 41.3 Å². The summed E-state index contributed by atoms with van der Waals surface area (Å²) >= 11 is 5.04. The highest BCUT2D eigenvalue weighted by atomic mass is 79.9. The molecule has 2 aromatic rings. The Morgan fingerprint density at radius 3 is 2.58 bits per heavy atom. The highest BCUT2D eigenvalue weighted by molar-refractivity contribution is 9.10. The van der Waals surface area contributed by atoms with Crippen LogP contribution in [0.3, 0.4) is 0 Å². The molecule has 3 rings (SSSR count). The summed E-state index contributed by atoms with van der Waals surface area (Å²) in [4.78, 5) is 26.6. The third-order valence-electron chi connectivity index (χ3n) is 3.85. The van der Waals surface area contributed by atoms with Crippen LogP contribution in [0.25, 0.3) is 0 Å². The van der Waals surface area contributed by atoms with Crippen molar-refractivity contribution in [2.24, 2.45) is 0 Å². The lowest BCUT2D eigenvalue weighted by molar-refractivity contribution is 0.0772. The lowest BCUT2D eigenvalue weighted by Crippen LogP contribution is -2.37.